The third-order valence-electron chi connectivity index (χ3n) is 4.22. The number of pyridine rings is 1. The molecule has 0 radical (unpaired) electrons. The van der Waals surface area contributed by atoms with Crippen LogP contribution in [0.2, 0.25) is 0 Å². The van der Waals surface area contributed by atoms with E-state index in [-0.39, 0.29) is 16.7 Å². The standard InChI is InChI=1S/C18H15F3N6O3S/c1-26-17-11(7-23-26)3-5-14(30-2)16(17)25-31(28,29)13-4-6-15(22-9-13)27-10-12(8-24-27)18(19,20)21/h3-10,25H,1-2H3/i1D3,2D3. The Morgan fingerprint density at radius 3 is 2.61 bits per heavy atom. The van der Waals surface area contributed by atoms with Crippen molar-refractivity contribution in [3.05, 3.63) is 54.6 Å². The Morgan fingerprint density at radius 2 is 1.97 bits per heavy atom. The molecule has 0 aliphatic heterocycles. The highest BCUT2D eigenvalue weighted by molar-refractivity contribution is 7.92. The summed E-state index contributed by atoms with van der Waals surface area (Å²) in [7, 11) is -7.56. The van der Waals surface area contributed by atoms with Crippen molar-refractivity contribution in [2.75, 3.05) is 11.8 Å². The highest BCUT2D eigenvalue weighted by atomic mass is 32.2. The molecule has 162 valence electrons. The van der Waals surface area contributed by atoms with E-state index in [0.29, 0.717) is 17.1 Å². The van der Waals surface area contributed by atoms with Crippen LogP contribution in [0.3, 0.4) is 0 Å². The molecule has 4 aromatic rings. The highest BCUT2D eigenvalue weighted by Crippen LogP contribution is 2.34. The highest BCUT2D eigenvalue weighted by Gasteiger charge is 2.32. The molecule has 0 unspecified atom stereocenters. The number of alkyl halides is 3. The van der Waals surface area contributed by atoms with Gasteiger partial charge in [-0.2, -0.15) is 23.4 Å². The lowest BCUT2D eigenvalue weighted by Gasteiger charge is -2.14. The lowest BCUT2D eigenvalue weighted by atomic mass is 10.2. The number of nitrogens with zero attached hydrogens (tertiary/aromatic N) is 5. The molecule has 0 aliphatic rings. The van der Waals surface area contributed by atoms with Gasteiger partial charge >= 0.3 is 6.18 Å². The topological polar surface area (TPSA) is 104 Å². The lowest BCUT2D eigenvalue weighted by molar-refractivity contribution is -0.137. The number of rotatable bonds is 5. The predicted octanol–water partition coefficient (Wildman–Crippen LogP) is 2.98. The zero-order valence-corrected chi connectivity index (χ0v) is 15.9. The second-order valence-corrected chi connectivity index (χ2v) is 7.85. The van der Waals surface area contributed by atoms with Crippen molar-refractivity contribution in [1.82, 2.24) is 24.5 Å². The molecule has 1 N–H and O–H groups in total. The van der Waals surface area contributed by atoms with Crippen LogP contribution in [-0.2, 0) is 23.2 Å². The van der Waals surface area contributed by atoms with E-state index in [4.69, 9.17) is 13.0 Å². The molecule has 1 aromatic carbocycles. The molecule has 0 atom stereocenters. The van der Waals surface area contributed by atoms with Gasteiger partial charge in [0, 0.05) is 28.9 Å². The van der Waals surface area contributed by atoms with Crippen LogP contribution in [0.5, 0.6) is 5.75 Å². The Labute approximate surface area is 182 Å². The Bertz CT molecular complexity index is 1560. The van der Waals surface area contributed by atoms with Gasteiger partial charge in [-0.25, -0.2) is 18.1 Å². The van der Waals surface area contributed by atoms with Crippen LogP contribution in [0.1, 0.15) is 13.8 Å². The average molecular weight is 458 g/mol. The fraction of sp³-hybridized carbons (Fsp3) is 0.167. The number of ether oxygens (including phenoxy) is 1. The number of halogens is 3. The van der Waals surface area contributed by atoms with Gasteiger partial charge in [0.05, 0.1) is 34.6 Å². The zero-order chi connectivity index (χ0) is 27.4. The molecule has 0 spiro atoms. The van der Waals surface area contributed by atoms with Crippen LogP contribution in [0, 0.1) is 0 Å². The average Bonchev–Trinajstić information content (AvgIpc) is 3.42. The van der Waals surface area contributed by atoms with Crippen LogP contribution in [0.15, 0.2) is 53.9 Å². The van der Waals surface area contributed by atoms with Gasteiger partial charge in [0.25, 0.3) is 10.0 Å². The van der Waals surface area contributed by atoms with E-state index in [9.17, 15) is 21.6 Å². The summed E-state index contributed by atoms with van der Waals surface area (Å²) in [5.41, 5.74) is -1.81. The minimum Gasteiger partial charge on any atom is -0.494 e. The summed E-state index contributed by atoms with van der Waals surface area (Å²) in [6.07, 6.45) is -1.41. The molecular formula is C18H15F3N6O3S. The lowest BCUT2D eigenvalue weighted by Crippen LogP contribution is -2.15. The smallest absolute Gasteiger partial charge is 0.419 e. The molecule has 0 aliphatic carbocycles. The molecule has 13 heteroatoms. The van der Waals surface area contributed by atoms with Gasteiger partial charge in [-0.1, -0.05) is 0 Å². The quantitative estimate of drug-likeness (QED) is 0.493. The largest absolute Gasteiger partial charge is 0.494 e. The summed E-state index contributed by atoms with van der Waals surface area (Å²) in [5.74, 6) is -0.619. The van der Waals surface area contributed by atoms with Gasteiger partial charge in [-0.3, -0.25) is 9.40 Å². The van der Waals surface area contributed by atoms with Crippen LogP contribution in [0.25, 0.3) is 16.7 Å². The first-order valence-electron chi connectivity index (χ1n) is 11.3. The number of methoxy groups -OCH3 is 1. The van der Waals surface area contributed by atoms with Gasteiger partial charge in [0.15, 0.2) is 5.82 Å². The third-order valence-corrected chi connectivity index (χ3v) is 5.55. The molecule has 3 heterocycles. The van der Waals surface area contributed by atoms with E-state index in [1.807, 2.05) is 0 Å². The summed E-state index contributed by atoms with van der Waals surface area (Å²) in [4.78, 5) is 3.35. The number of hydrogen-bond acceptors (Lipinski definition) is 6. The van der Waals surface area contributed by atoms with Crippen molar-refractivity contribution in [2.24, 2.45) is 6.98 Å². The summed E-state index contributed by atoms with van der Waals surface area (Å²) in [5, 5.41) is 7.47. The Balaban J connectivity index is 1.75. The van der Waals surface area contributed by atoms with Gasteiger partial charge < -0.3 is 4.74 Å². The van der Waals surface area contributed by atoms with E-state index in [1.165, 1.54) is 6.07 Å². The van der Waals surface area contributed by atoms with Crippen molar-refractivity contribution in [2.45, 2.75) is 11.1 Å². The minimum absolute atomic E-state index is 0.122. The first-order chi connectivity index (χ1) is 17.0. The molecule has 0 bridgehead atoms. The fourth-order valence-electron chi connectivity index (χ4n) is 2.74. The van der Waals surface area contributed by atoms with Crippen molar-refractivity contribution in [3.63, 3.8) is 0 Å². The van der Waals surface area contributed by atoms with Crippen LogP contribution >= 0.6 is 0 Å². The number of aryl methyl sites for hydroxylation is 1. The van der Waals surface area contributed by atoms with Gasteiger partial charge in [-0.05, 0) is 24.3 Å². The SMILES string of the molecule is [2H]C([2H])([2H])Oc1ccc2cnn(C([2H])([2H])[2H])c2c1NS(=O)(=O)c1ccc(-n2cc(C(F)(F)F)cn2)nc1. The molecule has 4 rings (SSSR count). The molecule has 0 saturated heterocycles. The van der Waals surface area contributed by atoms with E-state index in [0.717, 1.165) is 35.3 Å². The number of hydrogen-bond donors (Lipinski definition) is 1. The van der Waals surface area contributed by atoms with Crippen molar-refractivity contribution < 1.29 is 34.6 Å². The fourth-order valence-corrected chi connectivity index (χ4v) is 3.76. The van der Waals surface area contributed by atoms with Crippen molar-refractivity contribution in [1.29, 1.82) is 0 Å². The summed E-state index contributed by atoms with van der Waals surface area (Å²) < 4.78 is 118. The molecule has 9 nitrogen and oxygen atoms in total. The summed E-state index contributed by atoms with van der Waals surface area (Å²) in [6.45, 7) is -2.86. The third kappa shape index (κ3) is 3.79. The zero-order valence-electron chi connectivity index (χ0n) is 21.1. The normalized spacial score (nSPS) is 16.0. The Hall–Kier alpha value is -3.61. The number of benzene rings is 1. The van der Waals surface area contributed by atoms with E-state index < -0.39 is 52.1 Å². The van der Waals surface area contributed by atoms with Crippen molar-refractivity contribution >= 4 is 26.6 Å². The van der Waals surface area contributed by atoms with Crippen LogP contribution in [0.4, 0.5) is 18.9 Å². The first kappa shape index (κ1) is 14.4. The van der Waals surface area contributed by atoms with E-state index in [2.05, 4.69) is 19.9 Å². The number of anilines is 1. The Morgan fingerprint density at radius 1 is 1.13 bits per heavy atom. The predicted molar refractivity (Wildman–Crippen MR) is 104 cm³/mol. The monoisotopic (exact) mass is 458 g/mol. The number of aromatic nitrogens is 5. The molecule has 31 heavy (non-hydrogen) atoms. The number of nitrogens with one attached hydrogen (secondary N) is 1. The Kier molecular flexibility index (Phi) is 3.38. The summed E-state index contributed by atoms with van der Waals surface area (Å²) >= 11 is 0. The van der Waals surface area contributed by atoms with Crippen LogP contribution in [-0.4, -0.2) is 40.0 Å². The molecule has 0 amide bonds. The molecular weight excluding hydrogens is 437 g/mol. The van der Waals surface area contributed by atoms with Crippen molar-refractivity contribution in [3.8, 4) is 11.6 Å². The first-order valence-corrected chi connectivity index (χ1v) is 9.75. The maximum absolute atomic E-state index is 13.1. The number of sulfonamides is 1. The summed E-state index contributed by atoms with van der Waals surface area (Å²) in [6, 6.07) is 4.55. The number of fused-ring (bicyclic) bond motifs is 1. The second kappa shape index (κ2) is 7.27. The second-order valence-electron chi connectivity index (χ2n) is 6.16. The van der Waals surface area contributed by atoms with E-state index >= 15 is 0 Å². The minimum atomic E-state index is -4.64. The maximum Gasteiger partial charge on any atom is 0.419 e. The van der Waals surface area contributed by atoms with Crippen LogP contribution < -0.4 is 9.46 Å². The van der Waals surface area contributed by atoms with Gasteiger partial charge in [0.2, 0.25) is 0 Å². The molecule has 0 saturated carbocycles. The molecule has 0 fully saturated rings. The van der Waals surface area contributed by atoms with E-state index in [1.54, 1.807) is 0 Å². The molecule has 3 aromatic heterocycles. The van der Waals surface area contributed by atoms with Gasteiger partial charge in [-0.15, -0.1) is 0 Å². The maximum atomic E-state index is 13.1. The van der Waals surface area contributed by atoms with Gasteiger partial charge in [0.1, 0.15) is 16.3 Å².